The van der Waals surface area contributed by atoms with Crippen molar-refractivity contribution in [1.82, 2.24) is 15.1 Å². The fraction of sp³-hybridized carbons (Fsp3) is 0.444. The first-order valence-electron chi connectivity index (χ1n) is 8.47. The SMILES string of the molecule is Cc1cc(C(F)(F)F)cc(O)c1-c1ccc(N[C@@H]2C[C@H](F)CN(C)C2)nn1. The maximum absolute atomic E-state index is 13.7. The fourth-order valence-corrected chi connectivity index (χ4v) is 3.37. The van der Waals surface area contributed by atoms with Crippen LogP contribution in [0.15, 0.2) is 24.3 Å². The van der Waals surface area contributed by atoms with Gasteiger partial charge in [0.25, 0.3) is 0 Å². The number of benzene rings is 1. The molecule has 0 bridgehead atoms. The van der Waals surface area contributed by atoms with Gasteiger partial charge in [0.05, 0.1) is 11.3 Å². The summed E-state index contributed by atoms with van der Waals surface area (Å²) >= 11 is 0. The van der Waals surface area contributed by atoms with Gasteiger partial charge in [-0.05, 0) is 43.8 Å². The van der Waals surface area contributed by atoms with E-state index in [1.54, 1.807) is 12.1 Å². The maximum atomic E-state index is 13.7. The Morgan fingerprint density at radius 2 is 1.93 bits per heavy atom. The number of nitrogens with zero attached hydrogens (tertiary/aromatic N) is 3. The van der Waals surface area contributed by atoms with Gasteiger partial charge in [0.2, 0.25) is 0 Å². The zero-order chi connectivity index (χ0) is 19.8. The van der Waals surface area contributed by atoms with Crippen LogP contribution in [0, 0.1) is 6.92 Å². The van der Waals surface area contributed by atoms with E-state index in [1.807, 2.05) is 11.9 Å². The summed E-state index contributed by atoms with van der Waals surface area (Å²) in [5, 5.41) is 21.2. The van der Waals surface area contributed by atoms with E-state index < -0.39 is 23.7 Å². The second kappa shape index (κ2) is 7.30. The number of phenolic OH excluding ortho intramolecular Hbond substituents is 1. The van der Waals surface area contributed by atoms with Crippen molar-refractivity contribution in [3.05, 3.63) is 35.4 Å². The van der Waals surface area contributed by atoms with E-state index in [9.17, 15) is 22.7 Å². The molecule has 0 saturated carbocycles. The number of aromatic hydroxyl groups is 1. The van der Waals surface area contributed by atoms with Crippen molar-refractivity contribution < 1.29 is 22.7 Å². The zero-order valence-corrected chi connectivity index (χ0v) is 14.9. The average Bonchev–Trinajstić information content (AvgIpc) is 2.54. The minimum Gasteiger partial charge on any atom is -0.507 e. The fourth-order valence-electron chi connectivity index (χ4n) is 3.37. The second-order valence-electron chi connectivity index (χ2n) is 6.88. The molecule has 0 radical (unpaired) electrons. The Labute approximate surface area is 154 Å². The number of alkyl halides is 4. The third-order valence-corrected chi connectivity index (χ3v) is 4.50. The van der Waals surface area contributed by atoms with Crippen LogP contribution in [-0.4, -0.2) is 52.6 Å². The Balaban J connectivity index is 1.79. The van der Waals surface area contributed by atoms with E-state index in [2.05, 4.69) is 15.5 Å². The molecule has 1 aliphatic heterocycles. The molecule has 1 saturated heterocycles. The largest absolute Gasteiger partial charge is 0.507 e. The van der Waals surface area contributed by atoms with Crippen LogP contribution in [0.3, 0.4) is 0 Å². The smallest absolute Gasteiger partial charge is 0.416 e. The summed E-state index contributed by atoms with van der Waals surface area (Å²) in [5.41, 5.74) is -0.224. The third-order valence-electron chi connectivity index (χ3n) is 4.50. The predicted molar refractivity (Wildman–Crippen MR) is 93.3 cm³/mol. The molecule has 1 aliphatic rings. The molecule has 27 heavy (non-hydrogen) atoms. The average molecular weight is 384 g/mol. The maximum Gasteiger partial charge on any atom is 0.416 e. The number of hydrogen-bond acceptors (Lipinski definition) is 5. The van der Waals surface area contributed by atoms with Crippen LogP contribution in [0.4, 0.5) is 23.4 Å². The normalized spacial score (nSPS) is 21.3. The van der Waals surface area contributed by atoms with Gasteiger partial charge in [-0.25, -0.2) is 4.39 Å². The van der Waals surface area contributed by atoms with Crippen LogP contribution >= 0.6 is 0 Å². The van der Waals surface area contributed by atoms with Gasteiger partial charge in [0.1, 0.15) is 17.7 Å². The number of likely N-dealkylation sites (N-methyl/N-ethyl adjacent to an activating group) is 1. The molecule has 0 spiro atoms. The van der Waals surface area contributed by atoms with Gasteiger partial charge in [-0.2, -0.15) is 13.2 Å². The number of aryl methyl sites for hydroxylation is 1. The van der Waals surface area contributed by atoms with Crippen molar-refractivity contribution >= 4 is 5.82 Å². The van der Waals surface area contributed by atoms with E-state index in [4.69, 9.17) is 0 Å². The Morgan fingerprint density at radius 1 is 1.19 bits per heavy atom. The molecular formula is C18H20F4N4O. The molecule has 146 valence electrons. The molecule has 5 nitrogen and oxygen atoms in total. The topological polar surface area (TPSA) is 61.3 Å². The van der Waals surface area contributed by atoms with Crippen LogP contribution < -0.4 is 5.32 Å². The molecule has 2 aromatic rings. The highest BCUT2D eigenvalue weighted by Gasteiger charge is 2.32. The molecule has 2 N–H and O–H groups in total. The number of hydrogen-bond donors (Lipinski definition) is 2. The van der Waals surface area contributed by atoms with Gasteiger partial charge in [-0.1, -0.05) is 0 Å². The predicted octanol–water partition coefficient (Wildman–Crippen LogP) is 3.63. The van der Waals surface area contributed by atoms with E-state index in [1.165, 1.54) is 6.92 Å². The molecule has 0 aliphatic carbocycles. The first-order chi connectivity index (χ1) is 12.6. The Kier molecular flexibility index (Phi) is 5.23. The molecule has 3 rings (SSSR count). The van der Waals surface area contributed by atoms with Crippen molar-refractivity contribution in [3.8, 4) is 17.0 Å². The molecule has 2 heterocycles. The minimum atomic E-state index is -4.54. The summed E-state index contributed by atoms with van der Waals surface area (Å²) in [6.45, 7) is 2.54. The first kappa shape index (κ1) is 19.3. The van der Waals surface area contributed by atoms with Gasteiger partial charge >= 0.3 is 6.18 Å². The van der Waals surface area contributed by atoms with Crippen LogP contribution in [0.1, 0.15) is 17.5 Å². The number of piperidine rings is 1. The first-order valence-corrected chi connectivity index (χ1v) is 8.47. The minimum absolute atomic E-state index is 0.111. The summed E-state index contributed by atoms with van der Waals surface area (Å²) < 4.78 is 52.2. The van der Waals surface area contributed by atoms with Gasteiger partial charge in [-0.15, -0.1) is 10.2 Å². The number of likely N-dealkylation sites (tertiary alicyclic amines) is 1. The lowest BCUT2D eigenvalue weighted by Gasteiger charge is -2.32. The third kappa shape index (κ3) is 4.47. The number of phenols is 1. The molecule has 0 unspecified atom stereocenters. The lowest BCUT2D eigenvalue weighted by molar-refractivity contribution is -0.137. The highest BCUT2D eigenvalue weighted by Crippen LogP contribution is 2.38. The highest BCUT2D eigenvalue weighted by molar-refractivity contribution is 5.71. The Morgan fingerprint density at radius 3 is 2.48 bits per heavy atom. The van der Waals surface area contributed by atoms with Gasteiger partial charge in [0.15, 0.2) is 0 Å². The van der Waals surface area contributed by atoms with Crippen molar-refractivity contribution in [2.24, 2.45) is 0 Å². The standard InChI is InChI=1S/C18H20F4N4O/c1-10-5-11(18(20,21)22)6-15(27)17(10)14-3-4-16(25-24-14)23-13-7-12(19)8-26(2)9-13/h3-6,12-13,27H,7-9H2,1-2H3,(H,23,25)/t12-,13+/m0/s1. The Hall–Kier alpha value is -2.42. The van der Waals surface area contributed by atoms with E-state index in [-0.39, 0.29) is 22.9 Å². The van der Waals surface area contributed by atoms with Crippen LogP contribution in [0.2, 0.25) is 0 Å². The van der Waals surface area contributed by atoms with Crippen LogP contribution in [-0.2, 0) is 6.18 Å². The number of aromatic nitrogens is 2. The van der Waals surface area contributed by atoms with Gasteiger partial charge in [-0.3, -0.25) is 0 Å². The van der Waals surface area contributed by atoms with E-state index in [0.717, 1.165) is 6.07 Å². The van der Waals surface area contributed by atoms with E-state index in [0.29, 0.717) is 31.4 Å². The number of halogens is 4. The van der Waals surface area contributed by atoms with Crippen molar-refractivity contribution in [2.45, 2.75) is 31.7 Å². The summed E-state index contributed by atoms with van der Waals surface area (Å²) in [6.07, 6.45) is -5.09. The monoisotopic (exact) mass is 384 g/mol. The second-order valence-corrected chi connectivity index (χ2v) is 6.88. The summed E-state index contributed by atoms with van der Waals surface area (Å²) in [4.78, 5) is 1.89. The van der Waals surface area contributed by atoms with E-state index >= 15 is 0 Å². The van der Waals surface area contributed by atoms with Gasteiger partial charge < -0.3 is 15.3 Å². The molecule has 1 aromatic carbocycles. The van der Waals surface area contributed by atoms with Crippen LogP contribution in [0.25, 0.3) is 11.3 Å². The van der Waals surface area contributed by atoms with Crippen LogP contribution in [0.5, 0.6) is 5.75 Å². The highest BCUT2D eigenvalue weighted by atomic mass is 19.4. The molecule has 2 atom stereocenters. The molecule has 0 amide bonds. The number of nitrogens with one attached hydrogen (secondary N) is 1. The van der Waals surface area contributed by atoms with Gasteiger partial charge in [0, 0.05) is 31.1 Å². The van der Waals surface area contributed by atoms with Crippen molar-refractivity contribution in [1.29, 1.82) is 0 Å². The molecular weight excluding hydrogens is 364 g/mol. The lowest BCUT2D eigenvalue weighted by Crippen LogP contribution is -2.45. The lowest BCUT2D eigenvalue weighted by atomic mass is 10.0. The summed E-state index contributed by atoms with van der Waals surface area (Å²) in [6, 6.07) is 4.70. The molecule has 9 heteroatoms. The number of rotatable bonds is 3. The molecule has 1 aromatic heterocycles. The summed E-state index contributed by atoms with van der Waals surface area (Å²) in [5.74, 6) is -0.0678. The molecule has 1 fully saturated rings. The Bertz CT molecular complexity index is 777. The van der Waals surface area contributed by atoms with Crippen molar-refractivity contribution in [3.63, 3.8) is 0 Å². The zero-order valence-electron chi connectivity index (χ0n) is 14.9. The summed E-state index contributed by atoms with van der Waals surface area (Å²) in [7, 11) is 1.84. The van der Waals surface area contributed by atoms with Crippen molar-refractivity contribution in [2.75, 3.05) is 25.5 Å². The quantitative estimate of drug-likeness (QED) is 0.792. The number of anilines is 1.